The van der Waals surface area contributed by atoms with Gasteiger partial charge in [-0.2, -0.15) is 0 Å². The lowest BCUT2D eigenvalue weighted by Gasteiger charge is -2.19. The van der Waals surface area contributed by atoms with Gasteiger partial charge >= 0.3 is 0 Å². The summed E-state index contributed by atoms with van der Waals surface area (Å²) in [5.74, 6) is 0. The maximum atomic E-state index is 5.61. The molecule has 3 nitrogen and oxygen atoms in total. The maximum Gasteiger partial charge on any atom is 0.0794 e. The van der Waals surface area contributed by atoms with E-state index >= 15 is 0 Å². The van der Waals surface area contributed by atoms with Crippen LogP contribution in [-0.4, -0.2) is 17.4 Å². The van der Waals surface area contributed by atoms with Crippen molar-refractivity contribution < 1.29 is 0 Å². The van der Waals surface area contributed by atoms with Gasteiger partial charge in [-0.1, -0.05) is 206 Å². The number of aliphatic imine (C=N–C) groups is 2. The molecule has 0 unspecified atom stereocenters. The summed E-state index contributed by atoms with van der Waals surface area (Å²) in [6.07, 6.45) is 2.03. The van der Waals surface area contributed by atoms with E-state index in [1.807, 2.05) is 54.6 Å². The first kappa shape index (κ1) is 39.8. The van der Waals surface area contributed by atoms with Crippen molar-refractivity contribution in [3.63, 3.8) is 0 Å². The van der Waals surface area contributed by atoms with Gasteiger partial charge in [-0.3, -0.25) is 9.98 Å². The molecule has 0 N–H and O–H groups in total. The van der Waals surface area contributed by atoms with Crippen LogP contribution in [0, 0.1) is 0 Å². The number of hydrogen-bond acceptors (Lipinski definition) is 3. The summed E-state index contributed by atoms with van der Waals surface area (Å²) < 4.78 is 0. The van der Waals surface area contributed by atoms with Crippen molar-refractivity contribution >= 4 is 82.9 Å². The van der Waals surface area contributed by atoms with Crippen LogP contribution in [0.1, 0.15) is 16.7 Å². The standard InChI is InChI=1S/C64H43N3/c1-65-61(43-18-4-2-5-19-43)40-62(44-20-6-3-7-21-44)66-41-42-32-34-45(35-33-42)63-39-59(57-37-47-23-9-11-25-49(47)51-27-13-15-29-53(51)57)60-38-58(54-30-16-17-31-55(54)64(60)67-63)56-36-46-22-8-10-24-48(46)50-26-12-14-28-52(50)56/h2-40H,1,41H2/b61-40-,66-62?. The van der Waals surface area contributed by atoms with E-state index in [2.05, 4.69) is 194 Å². The highest BCUT2D eigenvalue weighted by Gasteiger charge is 2.20. The van der Waals surface area contributed by atoms with Crippen LogP contribution in [0.3, 0.4) is 0 Å². The zero-order valence-electron chi connectivity index (χ0n) is 36.8. The number of allylic oxidation sites excluding steroid dienone is 1. The van der Waals surface area contributed by atoms with E-state index in [-0.39, 0.29) is 0 Å². The Morgan fingerprint density at radius 1 is 0.403 bits per heavy atom. The van der Waals surface area contributed by atoms with Crippen LogP contribution < -0.4 is 0 Å². The van der Waals surface area contributed by atoms with Gasteiger partial charge in [0.05, 0.1) is 29.2 Å². The molecule has 0 saturated carbocycles. The minimum absolute atomic E-state index is 0.497. The third-order valence-electron chi connectivity index (χ3n) is 13.2. The molecule has 0 fully saturated rings. The fourth-order valence-electron chi connectivity index (χ4n) is 9.95. The van der Waals surface area contributed by atoms with Crippen LogP contribution in [0.15, 0.2) is 247 Å². The second-order valence-corrected chi connectivity index (χ2v) is 17.1. The molecule has 0 aliphatic carbocycles. The Morgan fingerprint density at radius 3 is 1.42 bits per heavy atom. The highest BCUT2D eigenvalue weighted by Crippen LogP contribution is 2.45. The zero-order chi connectivity index (χ0) is 44.7. The quantitative estimate of drug-likeness (QED) is 0.105. The van der Waals surface area contributed by atoms with Crippen LogP contribution in [0.2, 0.25) is 0 Å². The van der Waals surface area contributed by atoms with Gasteiger partial charge < -0.3 is 0 Å². The lowest BCUT2D eigenvalue weighted by atomic mass is 9.86. The molecule has 12 rings (SSSR count). The minimum Gasteiger partial charge on any atom is -0.280 e. The summed E-state index contributed by atoms with van der Waals surface area (Å²) in [7, 11) is 0. The molecule has 3 heteroatoms. The average Bonchev–Trinajstić information content (AvgIpc) is 3.40. The highest BCUT2D eigenvalue weighted by molar-refractivity contribution is 6.23. The molecule has 0 amide bonds. The number of fused-ring (bicyclic) bond motifs is 9. The van der Waals surface area contributed by atoms with Crippen molar-refractivity contribution in [2.75, 3.05) is 0 Å². The SMILES string of the molecule is C=N/C(=C\C(=NCc1ccc(-c2cc(-c3cc4ccccc4c4ccccc34)c3cc(-c4cc5ccccc5c5ccccc45)c4ccccc4c3n2)cc1)c1ccccc1)c1ccccc1. The topological polar surface area (TPSA) is 37.6 Å². The zero-order valence-corrected chi connectivity index (χ0v) is 36.8. The first-order valence-corrected chi connectivity index (χ1v) is 22.8. The fraction of sp³-hybridized carbons (Fsp3) is 0.0156. The molecule has 0 saturated heterocycles. The van der Waals surface area contributed by atoms with Crippen molar-refractivity contribution in [1.82, 2.24) is 4.98 Å². The van der Waals surface area contributed by atoms with Gasteiger partial charge in [0.1, 0.15) is 0 Å². The molecular weight excluding hydrogens is 811 g/mol. The Bertz CT molecular complexity index is 3940. The largest absolute Gasteiger partial charge is 0.280 e. The summed E-state index contributed by atoms with van der Waals surface area (Å²) >= 11 is 0. The predicted molar refractivity (Wildman–Crippen MR) is 286 cm³/mol. The molecule has 1 aromatic heterocycles. The van der Waals surface area contributed by atoms with Crippen LogP contribution >= 0.6 is 0 Å². The molecule has 1 heterocycles. The summed E-state index contributed by atoms with van der Waals surface area (Å²) in [5, 5.41) is 13.3. The number of aromatic nitrogens is 1. The van der Waals surface area contributed by atoms with Crippen LogP contribution in [0.25, 0.3) is 104 Å². The lowest BCUT2D eigenvalue weighted by Crippen LogP contribution is -2.00. The Labute approximate surface area is 389 Å². The second kappa shape index (κ2) is 17.0. The number of nitrogens with zero attached hydrogens (tertiary/aromatic N) is 3. The molecule has 0 aliphatic heterocycles. The van der Waals surface area contributed by atoms with E-state index in [0.29, 0.717) is 6.54 Å². The number of hydrogen-bond donors (Lipinski definition) is 0. The first-order valence-electron chi connectivity index (χ1n) is 22.8. The summed E-state index contributed by atoms with van der Waals surface area (Å²) in [6.45, 7) is 4.39. The van der Waals surface area contributed by atoms with E-state index in [1.54, 1.807) is 0 Å². The fourth-order valence-corrected chi connectivity index (χ4v) is 9.95. The summed E-state index contributed by atoms with van der Waals surface area (Å²) in [5.41, 5.74) is 12.4. The Balaban J connectivity index is 1.05. The average molecular weight is 854 g/mol. The van der Waals surface area contributed by atoms with E-state index in [9.17, 15) is 0 Å². The van der Waals surface area contributed by atoms with Gasteiger partial charge in [0.2, 0.25) is 0 Å². The molecule has 0 radical (unpaired) electrons. The smallest absolute Gasteiger partial charge is 0.0794 e. The van der Waals surface area contributed by atoms with Crippen LogP contribution in [0.5, 0.6) is 0 Å². The van der Waals surface area contributed by atoms with E-state index < -0.39 is 0 Å². The lowest BCUT2D eigenvalue weighted by molar-refractivity contribution is 1.07. The summed E-state index contributed by atoms with van der Waals surface area (Å²) in [6, 6.07) is 82.5. The van der Waals surface area contributed by atoms with Gasteiger partial charge in [-0.05, 0) is 119 Å². The van der Waals surface area contributed by atoms with Gasteiger partial charge in [0, 0.05) is 21.9 Å². The molecule has 11 aromatic carbocycles. The van der Waals surface area contributed by atoms with Crippen LogP contribution in [-0.2, 0) is 6.54 Å². The molecule has 12 aromatic rings. The predicted octanol–water partition coefficient (Wildman–Crippen LogP) is 16.7. The van der Waals surface area contributed by atoms with Crippen molar-refractivity contribution in [2.45, 2.75) is 6.54 Å². The van der Waals surface area contributed by atoms with Gasteiger partial charge in [-0.25, -0.2) is 4.98 Å². The third kappa shape index (κ3) is 7.24. The second-order valence-electron chi connectivity index (χ2n) is 17.1. The third-order valence-corrected chi connectivity index (χ3v) is 13.2. The Hall–Kier alpha value is -8.79. The monoisotopic (exact) mass is 853 g/mol. The van der Waals surface area contributed by atoms with E-state index in [4.69, 9.17) is 9.98 Å². The number of benzene rings is 11. The molecular formula is C64H43N3. The molecule has 67 heavy (non-hydrogen) atoms. The normalized spacial score (nSPS) is 12.2. The maximum absolute atomic E-state index is 5.61. The van der Waals surface area contributed by atoms with Crippen LogP contribution in [0.4, 0.5) is 0 Å². The van der Waals surface area contributed by atoms with Gasteiger partial charge in [0.15, 0.2) is 0 Å². The number of rotatable bonds is 9. The molecule has 314 valence electrons. The van der Waals surface area contributed by atoms with Gasteiger partial charge in [-0.15, -0.1) is 0 Å². The van der Waals surface area contributed by atoms with Gasteiger partial charge in [0.25, 0.3) is 0 Å². The summed E-state index contributed by atoms with van der Waals surface area (Å²) in [4.78, 5) is 15.2. The highest BCUT2D eigenvalue weighted by atomic mass is 14.8. The number of pyridine rings is 1. The van der Waals surface area contributed by atoms with E-state index in [0.717, 1.165) is 61.2 Å². The molecule has 0 spiro atoms. The van der Waals surface area contributed by atoms with Crippen molar-refractivity contribution in [1.29, 1.82) is 0 Å². The molecule has 0 atom stereocenters. The Morgan fingerprint density at radius 2 is 0.851 bits per heavy atom. The van der Waals surface area contributed by atoms with Crippen molar-refractivity contribution in [3.05, 3.63) is 253 Å². The molecule has 0 bridgehead atoms. The van der Waals surface area contributed by atoms with Crippen molar-refractivity contribution in [3.8, 4) is 33.5 Å². The Kier molecular flexibility index (Phi) is 10.1. The van der Waals surface area contributed by atoms with E-state index in [1.165, 1.54) is 65.2 Å². The minimum atomic E-state index is 0.497. The van der Waals surface area contributed by atoms with Crippen molar-refractivity contribution in [2.24, 2.45) is 9.98 Å². The molecule has 0 aliphatic rings. The first-order chi connectivity index (χ1) is 33.2.